The Kier molecular flexibility index (Phi) is 10.9. The van der Waals surface area contributed by atoms with Gasteiger partial charge in [-0.25, -0.2) is 4.79 Å². The number of carbonyl (C=O) groups is 3. The summed E-state index contributed by atoms with van der Waals surface area (Å²) in [4.78, 5) is 41.7. The topological polar surface area (TPSA) is 108 Å². The highest BCUT2D eigenvalue weighted by molar-refractivity contribution is 7.98. The summed E-state index contributed by atoms with van der Waals surface area (Å²) in [6.07, 6.45) is 1.61. The van der Waals surface area contributed by atoms with Gasteiger partial charge in [-0.3, -0.25) is 9.59 Å². The lowest BCUT2D eigenvalue weighted by Gasteiger charge is -2.43. The third-order valence-electron chi connectivity index (χ3n) is 5.03. The lowest BCUT2D eigenvalue weighted by molar-refractivity contribution is -0.148. The molecule has 3 N–H and O–H groups in total. The van der Waals surface area contributed by atoms with Crippen molar-refractivity contribution >= 4 is 29.7 Å². The number of aryl methyl sites for hydroxylation is 1. The van der Waals surface area contributed by atoms with Crippen LogP contribution in [0.15, 0.2) is 18.2 Å². The van der Waals surface area contributed by atoms with E-state index in [1.54, 1.807) is 51.6 Å². The molecule has 1 rings (SSSR count). The van der Waals surface area contributed by atoms with Crippen molar-refractivity contribution < 1.29 is 24.2 Å². The van der Waals surface area contributed by atoms with Crippen molar-refractivity contribution in [2.75, 3.05) is 12.0 Å². The molecule has 0 saturated carbocycles. The molecule has 0 saturated heterocycles. The van der Waals surface area contributed by atoms with Crippen LogP contribution >= 0.6 is 11.8 Å². The van der Waals surface area contributed by atoms with Gasteiger partial charge in [0.05, 0.1) is 0 Å². The van der Waals surface area contributed by atoms with E-state index in [0.717, 1.165) is 0 Å². The molecule has 2 unspecified atom stereocenters. The molecule has 9 heteroatoms. The summed E-state index contributed by atoms with van der Waals surface area (Å²) in [6.45, 7) is 16.3. The SMILES string of the molecule is CSCCC(NC(=O)OC(C)(C)C)C(=O)N(C(C(=O)NC(C)C)c1ccc(O)c(C)c1)C(C)(C)C. The number of nitrogens with zero attached hydrogens (tertiary/aromatic N) is 1. The normalized spacial score (nSPS) is 13.7. The molecular weight excluding hydrogens is 466 g/mol. The van der Waals surface area contributed by atoms with E-state index in [9.17, 15) is 19.5 Å². The van der Waals surface area contributed by atoms with Gasteiger partial charge in [0.2, 0.25) is 11.8 Å². The number of aromatic hydroxyl groups is 1. The van der Waals surface area contributed by atoms with Crippen LogP contribution in [0.3, 0.4) is 0 Å². The largest absolute Gasteiger partial charge is 0.508 e. The molecule has 0 aliphatic carbocycles. The number of amides is 3. The van der Waals surface area contributed by atoms with Gasteiger partial charge in [-0.05, 0) is 104 Å². The average molecular weight is 510 g/mol. The first-order chi connectivity index (χ1) is 16.0. The van der Waals surface area contributed by atoms with E-state index in [-0.39, 0.29) is 23.6 Å². The molecule has 2 atom stereocenters. The second-order valence-corrected chi connectivity index (χ2v) is 12.0. The zero-order chi connectivity index (χ0) is 27.1. The highest BCUT2D eigenvalue weighted by atomic mass is 32.2. The molecule has 0 heterocycles. The minimum Gasteiger partial charge on any atom is -0.508 e. The number of phenols is 1. The van der Waals surface area contributed by atoms with E-state index in [1.807, 2.05) is 40.9 Å². The van der Waals surface area contributed by atoms with Gasteiger partial charge in [0.25, 0.3) is 0 Å². The van der Waals surface area contributed by atoms with Crippen molar-refractivity contribution in [3.8, 4) is 5.75 Å². The predicted molar refractivity (Wildman–Crippen MR) is 142 cm³/mol. The Morgan fingerprint density at radius 1 is 1.09 bits per heavy atom. The van der Waals surface area contributed by atoms with Crippen LogP contribution in [0, 0.1) is 6.92 Å². The fraction of sp³-hybridized carbons (Fsp3) is 0.654. The number of rotatable bonds is 9. The second kappa shape index (κ2) is 12.5. The first kappa shape index (κ1) is 30.6. The van der Waals surface area contributed by atoms with Gasteiger partial charge < -0.3 is 25.4 Å². The maximum atomic E-state index is 14.1. The minimum atomic E-state index is -0.971. The van der Waals surface area contributed by atoms with Gasteiger partial charge in [0.1, 0.15) is 23.4 Å². The Morgan fingerprint density at radius 2 is 1.69 bits per heavy atom. The zero-order valence-electron chi connectivity index (χ0n) is 22.8. The molecule has 0 spiro atoms. The lowest BCUT2D eigenvalue weighted by atomic mass is 9.94. The van der Waals surface area contributed by atoms with Crippen LogP contribution in [0.4, 0.5) is 4.79 Å². The number of nitrogens with one attached hydrogen (secondary N) is 2. The van der Waals surface area contributed by atoms with Gasteiger partial charge in [-0.2, -0.15) is 11.8 Å². The molecule has 1 aromatic carbocycles. The van der Waals surface area contributed by atoms with Crippen molar-refractivity contribution in [2.24, 2.45) is 0 Å². The van der Waals surface area contributed by atoms with Crippen molar-refractivity contribution in [1.82, 2.24) is 15.5 Å². The molecule has 0 bridgehead atoms. The maximum Gasteiger partial charge on any atom is 0.408 e. The molecule has 0 radical (unpaired) electrons. The van der Waals surface area contributed by atoms with Crippen LogP contribution in [0.1, 0.15) is 79.0 Å². The van der Waals surface area contributed by atoms with Crippen LogP contribution < -0.4 is 10.6 Å². The first-order valence-corrected chi connectivity index (χ1v) is 13.3. The molecule has 35 heavy (non-hydrogen) atoms. The lowest BCUT2D eigenvalue weighted by Crippen LogP contribution is -2.59. The van der Waals surface area contributed by atoms with Gasteiger partial charge in [0.15, 0.2) is 0 Å². The molecule has 198 valence electrons. The van der Waals surface area contributed by atoms with E-state index in [1.165, 1.54) is 11.0 Å². The van der Waals surface area contributed by atoms with Crippen LogP contribution in [-0.2, 0) is 14.3 Å². The van der Waals surface area contributed by atoms with Gasteiger partial charge >= 0.3 is 6.09 Å². The van der Waals surface area contributed by atoms with Gasteiger partial charge in [-0.1, -0.05) is 6.07 Å². The van der Waals surface area contributed by atoms with Gasteiger partial charge in [0, 0.05) is 11.6 Å². The number of thioether (sulfide) groups is 1. The average Bonchev–Trinajstić information content (AvgIpc) is 2.68. The fourth-order valence-electron chi connectivity index (χ4n) is 3.59. The molecule has 1 aromatic rings. The number of benzene rings is 1. The molecule has 8 nitrogen and oxygen atoms in total. The van der Waals surface area contributed by atoms with E-state index < -0.39 is 29.3 Å². The molecule has 3 amide bonds. The summed E-state index contributed by atoms with van der Waals surface area (Å²) in [5, 5.41) is 15.7. The quantitative estimate of drug-likeness (QED) is 0.451. The Bertz CT molecular complexity index is 890. The van der Waals surface area contributed by atoms with E-state index >= 15 is 0 Å². The Hall–Kier alpha value is -2.42. The molecule has 0 aromatic heterocycles. The number of hydrogen-bond acceptors (Lipinski definition) is 6. The Balaban J connectivity index is 3.57. The molecule has 0 fully saturated rings. The van der Waals surface area contributed by atoms with E-state index in [4.69, 9.17) is 4.74 Å². The smallest absolute Gasteiger partial charge is 0.408 e. The van der Waals surface area contributed by atoms with Crippen molar-refractivity contribution in [1.29, 1.82) is 0 Å². The van der Waals surface area contributed by atoms with Crippen molar-refractivity contribution in [2.45, 2.75) is 98.0 Å². The minimum absolute atomic E-state index is 0.106. The van der Waals surface area contributed by atoms with Gasteiger partial charge in [-0.15, -0.1) is 0 Å². The molecule has 0 aliphatic heterocycles. The van der Waals surface area contributed by atoms with Crippen LogP contribution in [0.2, 0.25) is 0 Å². The van der Waals surface area contributed by atoms with Crippen molar-refractivity contribution in [3.05, 3.63) is 29.3 Å². The zero-order valence-corrected chi connectivity index (χ0v) is 23.6. The Labute approximate surface area is 214 Å². The summed E-state index contributed by atoms with van der Waals surface area (Å²) in [6, 6.07) is 2.88. The summed E-state index contributed by atoms with van der Waals surface area (Å²) in [5.41, 5.74) is -0.321. The Morgan fingerprint density at radius 3 is 2.14 bits per heavy atom. The van der Waals surface area contributed by atoms with E-state index in [0.29, 0.717) is 23.3 Å². The monoisotopic (exact) mass is 509 g/mol. The second-order valence-electron chi connectivity index (χ2n) is 11.0. The summed E-state index contributed by atoms with van der Waals surface area (Å²) >= 11 is 1.56. The predicted octanol–water partition coefficient (Wildman–Crippen LogP) is 4.54. The number of carbonyl (C=O) groups excluding carboxylic acids is 3. The highest BCUT2D eigenvalue weighted by Crippen LogP contribution is 2.32. The summed E-state index contributed by atoms with van der Waals surface area (Å²) in [7, 11) is 0. The molecule has 0 aliphatic rings. The first-order valence-electron chi connectivity index (χ1n) is 11.9. The third kappa shape index (κ3) is 9.63. The van der Waals surface area contributed by atoms with Crippen LogP contribution in [-0.4, -0.2) is 63.1 Å². The third-order valence-corrected chi connectivity index (χ3v) is 5.68. The standard InChI is InChI=1S/C26H43N3O5S/c1-16(2)27-22(31)21(18-11-12-20(30)17(3)15-18)29(25(4,5)6)23(32)19(13-14-35-10)28-24(33)34-26(7,8)9/h11-12,15-16,19,21,30H,13-14H2,1-10H3,(H,27,31)(H,28,33). The van der Waals surface area contributed by atoms with Crippen LogP contribution in [0.25, 0.3) is 0 Å². The van der Waals surface area contributed by atoms with Crippen LogP contribution in [0.5, 0.6) is 5.75 Å². The highest BCUT2D eigenvalue weighted by Gasteiger charge is 2.42. The van der Waals surface area contributed by atoms with Crippen molar-refractivity contribution in [3.63, 3.8) is 0 Å². The fourth-order valence-corrected chi connectivity index (χ4v) is 4.06. The number of hydrogen-bond donors (Lipinski definition) is 3. The van der Waals surface area contributed by atoms with E-state index in [2.05, 4.69) is 10.6 Å². The molecular formula is C26H43N3O5S. The maximum absolute atomic E-state index is 14.1. The summed E-state index contributed by atoms with van der Waals surface area (Å²) in [5.74, 6) is 0.0156. The number of ether oxygens (including phenoxy) is 1. The summed E-state index contributed by atoms with van der Waals surface area (Å²) < 4.78 is 5.40. The number of phenolic OH excluding ortho intramolecular Hbond substituents is 1. The number of alkyl carbamates (subject to hydrolysis) is 1.